The van der Waals surface area contributed by atoms with Crippen molar-refractivity contribution in [1.82, 2.24) is 5.32 Å². The molecule has 3 rings (SSSR count). The molecule has 1 saturated carbocycles. The van der Waals surface area contributed by atoms with Crippen LogP contribution in [0.5, 0.6) is 0 Å². The number of fused-ring (bicyclic) bond motifs is 4. The first-order chi connectivity index (χ1) is 8.68. The van der Waals surface area contributed by atoms with Crippen LogP contribution in [0.1, 0.15) is 58.3 Å². The van der Waals surface area contributed by atoms with Crippen molar-refractivity contribution in [3.8, 4) is 0 Å². The van der Waals surface area contributed by atoms with Crippen LogP contribution < -0.4 is 5.32 Å². The first-order valence-electron chi connectivity index (χ1n) is 7.28. The Labute approximate surface area is 108 Å². The molecule has 2 unspecified atom stereocenters. The van der Waals surface area contributed by atoms with Crippen LogP contribution in [0, 0.1) is 11.3 Å². The third-order valence-electron chi connectivity index (χ3n) is 5.02. The van der Waals surface area contributed by atoms with Gasteiger partial charge in [-0.3, -0.25) is 14.9 Å². The molecule has 2 amide bonds. The molecular formula is C15H21NO2. The monoisotopic (exact) mass is 247 g/mol. The van der Waals surface area contributed by atoms with Crippen LogP contribution in [0.3, 0.4) is 0 Å². The maximum atomic E-state index is 12.0. The predicted octanol–water partition coefficient (Wildman–Crippen LogP) is 2.71. The van der Waals surface area contributed by atoms with E-state index in [2.05, 4.69) is 12.2 Å². The van der Waals surface area contributed by atoms with Crippen molar-refractivity contribution in [1.29, 1.82) is 0 Å². The fourth-order valence-electron chi connectivity index (χ4n) is 4.23. The molecule has 98 valence electrons. The van der Waals surface area contributed by atoms with Gasteiger partial charge in [-0.1, -0.05) is 32.6 Å². The lowest BCUT2D eigenvalue weighted by Crippen LogP contribution is -2.30. The molecule has 0 aromatic carbocycles. The molecule has 1 fully saturated rings. The number of imide groups is 1. The van der Waals surface area contributed by atoms with Crippen LogP contribution in [0.25, 0.3) is 0 Å². The van der Waals surface area contributed by atoms with E-state index in [1.807, 2.05) is 0 Å². The molecule has 2 aliphatic carbocycles. The molecule has 0 radical (unpaired) electrons. The second-order valence-corrected chi connectivity index (χ2v) is 6.10. The number of hydrogen-bond acceptors (Lipinski definition) is 2. The highest BCUT2D eigenvalue weighted by atomic mass is 16.2. The predicted molar refractivity (Wildman–Crippen MR) is 68.7 cm³/mol. The Kier molecular flexibility index (Phi) is 2.80. The van der Waals surface area contributed by atoms with Crippen LogP contribution in [0.15, 0.2) is 11.1 Å². The average Bonchev–Trinajstić information content (AvgIpc) is 2.97. The second kappa shape index (κ2) is 4.22. The number of carbonyl (C=O) groups is 2. The lowest BCUT2D eigenvalue weighted by atomic mass is 9.75. The van der Waals surface area contributed by atoms with Crippen molar-refractivity contribution < 1.29 is 9.59 Å². The summed E-state index contributed by atoms with van der Waals surface area (Å²) < 4.78 is 0. The van der Waals surface area contributed by atoms with Crippen molar-refractivity contribution >= 4 is 11.8 Å². The summed E-state index contributed by atoms with van der Waals surface area (Å²) in [7, 11) is 0. The zero-order valence-electron chi connectivity index (χ0n) is 11.1. The number of rotatable bonds is 5. The number of hydrogen-bond donors (Lipinski definition) is 1. The van der Waals surface area contributed by atoms with Gasteiger partial charge in [0.15, 0.2) is 0 Å². The minimum absolute atomic E-state index is 0.0595. The lowest BCUT2D eigenvalue weighted by Gasteiger charge is -2.28. The van der Waals surface area contributed by atoms with E-state index >= 15 is 0 Å². The third kappa shape index (κ3) is 1.56. The van der Waals surface area contributed by atoms with Gasteiger partial charge in [0, 0.05) is 16.6 Å². The maximum absolute atomic E-state index is 12.0. The number of nitrogens with one attached hydrogen (secondary N) is 1. The minimum atomic E-state index is -0.102. The standard InChI is InChI=1S/C15H21NO2/c1-2-3-4-5-7-15-8-6-10(9-15)11-12(15)14(18)16-13(11)17/h10H,2-9H2,1H3,(H,16,17,18). The summed E-state index contributed by atoms with van der Waals surface area (Å²) in [6.07, 6.45) is 9.33. The molecule has 0 aromatic heterocycles. The van der Waals surface area contributed by atoms with Gasteiger partial charge in [0.1, 0.15) is 0 Å². The Morgan fingerprint density at radius 3 is 2.83 bits per heavy atom. The van der Waals surface area contributed by atoms with E-state index in [4.69, 9.17) is 0 Å². The summed E-state index contributed by atoms with van der Waals surface area (Å²) in [5, 5.41) is 2.49. The molecule has 1 N–H and O–H groups in total. The maximum Gasteiger partial charge on any atom is 0.255 e. The SMILES string of the molecule is CCCCCCC12CCC(C1)C1=C2C(=O)NC1=O. The molecule has 1 aliphatic heterocycles. The van der Waals surface area contributed by atoms with E-state index in [0.29, 0.717) is 5.92 Å². The highest BCUT2D eigenvalue weighted by Crippen LogP contribution is 2.61. The summed E-state index contributed by atoms with van der Waals surface area (Å²) in [6, 6.07) is 0. The molecule has 3 heteroatoms. The average molecular weight is 247 g/mol. The Hall–Kier alpha value is -1.12. The summed E-state index contributed by atoms with van der Waals surface area (Å²) in [5.41, 5.74) is 1.78. The molecule has 0 spiro atoms. The quantitative estimate of drug-likeness (QED) is 0.599. The van der Waals surface area contributed by atoms with E-state index < -0.39 is 0 Å². The van der Waals surface area contributed by atoms with Crippen LogP contribution in [-0.4, -0.2) is 11.8 Å². The van der Waals surface area contributed by atoms with E-state index in [-0.39, 0.29) is 17.2 Å². The van der Waals surface area contributed by atoms with Gasteiger partial charge in [-0.05, 0) is 31.6 Å². The first-order valence-corrected chi connectivity index (χ1v) is 7.28. The minimum Gasteiger partial charge on any atom is -0.289 e. The van der Waals surface area contributed by atoms with E-state index in [1.165, 1.54) is 25.7 Å². The van der Waals surface area contributed by atoms with Gasteiger partial charge in [0.2, 0.25) is 0 Å². The van der Waals surface area contributed by atoms with Crippen LogP contribution >= 0.6 is 0 Å². The number of amides is 2. The first kappa shape index (κ1) is 11.9. The highest BCUT2D eigenvalue weighted by Gasteiger charge is 2.57. The number of carbonyl (C=O) groups excluding carboxylic acids is 2. The van der Waals surface area contributed by atoms with Crippen LogP contribution in [0.2, 0.25) is 0 Å². The van der Waals surface area contributed by atoms with Crippen molar-refractivity contribution in [2.24, 2.45) is 11.3 Å². The number of unbranched alkanes of at least 4 members (excludes halogenated alkanes) is 3. The second-order valence-electron chi connectivity index (χ2n) is 6.10. The smallest absolute Gasteiger partial charge is 0.255 e. The van der Waals surface area contributed by atoms with Gasteiger partial charge in [0.05, 0.1) is 0 Å². The van der Waals surface area contributed by atoms with Gasteiger partial charge in [-0.2, -0.15) is 0 Å². The third-order valence-corrected chi connectivity index (χ3v) is 5.02. The van der Waals surface area contributed by atoms with E-state index in [9.17, 15) is 9.59 Å². The molecular weight excluding hydrogens is 226 g/mol. The van der Waals surface area contributed by atoms with Crippen LogP contribution in [0.4, 0.5) is 0 Å². The van der Waals surface area contributed by atoms with Gasteiger partial charge in [0.25, 0.3) is 11.8 Å². The Balaban J connectivity index is 1.78. The largest absolute Gasteiger partial charge is 0.289 e. The van der Waals surface area contributed by atoms with Gasteiger partial charge in [-0.15, -0.1) is 0 Å². The molecule has 3 aliphatic rings. The van der Waals surface area contributed by atoms with Crippen molar-refractivity contribution in [2.75, 3.05) is 0 Å². The van der Waals surface area contributed by atoms with Gasteiger partial charge < -0.3 is 0 Å². The Bertz CT molecular complexity index is 438. The van der Waals surface area contributed by atoms with Crippen molar-refractivity contribution in [3.63, 3.8) is 0 Å². The molecule has 0 aromatic rings. The molecule has 1 heterocycles. The zero-order valence-corrected chi connectivity index (χ0v) is 11.1. The molecule has 2 bridgehead atoms. The highest BCUT2D eigenvalue weighted by molar-refractivity contribution is 6.21. The zero-order chi connectivity index (χ0) is 12.8. The fraction of sp³-hybridized carbons (Fsp3) is 0.733. The topological polar surface area (TPSA) is 46.2 Å². The van der Waals surface area contributed by atoms with E-state index in [0.717, 1.165) is 36.8 Å². The molecule has 18 heavy (non-hydrogen) atoms. The summed E-state index contributed by atoms with van der Waals surface area (Å²) >= 11 is 0. The molecule has 3 nitrogen and oxygen atoms in total. The van der Waals surface area contributed by atoms with Gasteiger partial charge >= 0.3 is 0 Å². The molecule has 2 atom stereocenters. The fourth-order valence-corrected chi connectivity index (χ4v) is 4.23. The van der Waals surface area contributed by atoms with E-state index in [1.54, 1.807) is 0 Å². The normalized spacial score (nSPS) is 33.3. The summed E-state index contributed by atoms with van der Waals surface area (Å²) in [5.74, 6) is 0.181. The van der Waals surface area contributed by atoms with Gasteiger partial charge in [-0.25, -0.2) is 0 Å². The summed E-state index contributed by atoms with van der Waals surface area (Å²) in [6.45, 7) is 2.21. The van der Waals surface area contributed by atoms with Crippen LogP contribution in [-0.2, 0) is 9.59 Å². The molecule has 0 saturated heterocycles. The lowest BCUT2D eigenvalue weighted by molar-refractivity contribution is -0.125. The Morgan fingerprint density at radius 1 is 1.22 bits per heavy atom. The summed E-state index contributed by atoms with van der Waals surface area (Å²) in [4.78, 5) is 23.7. The van der Waals surface area contributed by atoms with Crippen molar-refractivity contribution in [3.05, 3.63) is 11.1 Å². The van der Waals surface area contributed by atoms with Crippen molar-refractivity contribution in [2.45, 2.75) is 58.3 Å². The Morgan fingerprint density at radius 2 is 2.06 bits per heavy atom.